The molecule has 5 rings (SSSR count). The molecule has 1 fully saturated rings. The first-order chi connectivity index (χ1) is 16.7. The maximum Gasteiger partial charge on any atom is 0.146 e. The lowest BCUT2D eigenvalue weighted by Crippen LogP contribution is -2.44. The standard InChI is InChI=1S/C26H28N6O2/c1-31-11-13-32(14-12-31)20-5-3-19(4-6-20)29-26-25-18(7-10-28-23(25)17-33)15-22(30-26)21-16-27-9-8-24(21)34-2/h3-10,15-17,23,28H,11-14H2,1-2H3,(H,29,30). The number of aldehydes is 1. The van der Waals surface area contributed by atoms with Crippen molar-refractivity contribution < 1.29 is 9.53 Å². The number of hydrogen-bond donors (Lipinski definition) is 2. The van der Waals surface area contributed by atoms with Crippen LogP contribution in [-0.4, -0.2) is 61.5 Å². The minimum absolute atomic E-state index is 0.482. The van der Waals surface area contributed by atoms with Crippen molar-refractivity contribution in [3.8, 4) is 17.0 Å². The van der Waals surface area contributed by atoms with E-state index in [1.54, 1.807) is 25.7 Å². The Morgan fingerprint density at radius 1 is 1.15 bits per heavy atom. The molecule has 1 saturated heterocycles. The molecule has 2 aromatic heterocycles. The summed E-state index contributed by atoms with van der Waals surface area (Å²) in [6.07, 6.45) is 8.07. The molecule has 8 nitrogen and oxygen atoms in total. The third-order valence-electron chi connectivity index (χ3n) is 6.35. The lowest BCUT2D eigenvalue weighted by molar-refractivity contribution is -0.109. The number of piperazine rings is 1. The molecule has 1 unspecified atom stereocenters. The largest absolute Gasteiger partial charge is 0.496 e. The number of anilines is 3. The van der Waals surface area contributed by atoms with Crippen LogP contribution in [0, 0.1) is 0 Å². The van der Waals surface area contributed by atoms with Crippen LogP contribution in [0.4, 0.5) is 17.2 Å². The normalized spacial score (nSPS) is 17.6. The van der Waals surface area contributed by atoms with Crippen LogP contribution in [0.1, 0.15) is 17.2 Å². The molecule has 0 bridgehead atoms. The first-order valence-electron chi connectivity index (χ1n) is 11.4. The van der Waals surface area contributed by atoms with Crippen LogP contribution in [0.15, 0.2) is 55.0 Å². The van der Waals surface area contributed by atoms with Gasteiger partial charge in [-0.3, -0.25) is 4.98 Å². The Morgan fingerprint density at radius 2 is 1.94 bits per heavy atom. The second-order valence-corrected chi connectivity index (χ2v) is 8.51. The van der Waals surface area contributed by atoms with E-state index in [1.807, 2.05) is 18.2 Å². The summed E-state index contributed by atoms with van der Waals surface area (Å²) in [4.78, 5) is 25.7. The second-order valence-electron chi connectivity index (χ2n) is 8.51. The van der Waals surface area contributed by atoms with E-state index < -0.39 is 6.04 Å². The number of likely N-dealkylation sites (N-methyl/N-ethyl adjacent to an activating group) is 1. The van der Waals surface area contributed by atoms with E-state index in [1.165, 1.54) is 5.69 Å². The minimum Gasteiger partial charge on any atom is -0.496 e. The van der Waals surface area contributed by atoms with E-state index in [9.17, 15) is 4.79 Å². The van der Waals surface area contributed by atoms with E-state index >= 15 is 0 Å². The molecule has 0 aliphatic carbocycles. The van der Waals surface area contributed by atoms with Crippen LogP contribution in [0.5, 0.6) is 5.75 Å². The summed E-state index contributed by atoms with van der Waals surface area (Å²) in [5.74, 6) is 1.31. The molecule has 0 saturated carbocycles. The third-order valence-corrected chi connectivity index (χ3v) is 6.35. The van der Waals surface area contributed by atoms with Gasteiger partial charge in [0.05, 0.1) is 18.4 Å². The van der Waals surface area contributed by atoms with Crippen LogP contribution >= 0.6 is 0 Å². The van der Waals surface area contributed by atoms with Gasteiger partial charge in [-0.1, -0.05) is 0 Å². The molecule has 1 atom stereocenters. The fourth-order valence-corrected chi connectivity index (χ4v) is 4.41. The van der Waals surface area contributed by atoms with Gasteiger partial charge in [-0.05, 0) is 61.3 Å². The molecule has 8 heteroatoms. The van der Waals surface area contributed by atoms with Crippen LogP contribution in [0.2, 0.25) is 0 Å². The average molecular weight is 457 g/mol. The van der Waals surface area contributed by atoms with Gasteiger partial charge >= 0.3 is 0 Å². The van der Waals surface area contributed by atoms with E-state index in [2.05, 4.69) is 56.7 Å². The molecular formula is C26H28N6O2. The fourth-order valence-electron chi connectivity index (χ4n) is 4.41. The number of nitrogens with zero attached hydrogens (tertiary/aromatic N) is 4. The number of ether oxygens (including phenoxy) is 1. The molecule has 2 N–H and O–H groups in total. The van der Waals surface area contributed by atoms with Gasteiger partial charge < -0.3 is 30.0 Å². The van der Waals surface area contributed by atoms with Crippen LogP contribution < -0.4 is 20.3 Å². The summed E-state index contributed by atoms with van der Waals surface area (Å²) in [6.45, 7) is 4.17. The number of rotatable bonds is 6. The predicted octanol–water partition coefficient (Wildman–Crippen LogP) is 3.46. The van der Waals surface area contributed by atoms with E-state index in [0.717, 1.165) is 60.5 Å². The van der Waals surface area contributed by atoms with Crippen molar-refractivity contribution in [2.75, 3.05) is 50.6 Å². The van der Waals surface area contributed by atoms with Crippen molar-refractivity contribution in [2.24, 2.45) is 0 Å². The highest BCUT2D eigenvalue weighted by molar-refractivity contribution is 5.81. The monoisotopic (exact) mass is 456 g/mol. The number of pyridine rings is 2. The topological polar surface area (TPSA) is 82.6 Å². The number of benzene rings is 1. The molecule has 0 amide bonds. The van der Waals surface area contributed by atoms with Gasteiger partial charge in [0.1, 0.15) is 23.9 Å². The average Bonchev–Trinajstić information content (AvgIpc) is 2.89. The highest BCUT2D eigenvalue weighted by Gasteiger charge is 2.24. The van der Waals surface area contributed by atoms with Crippen molar-refractivity contribution in [1.82, 2.24) is 20.2 Å². The maximum absolute atomic E-state index is 11.8. The summed E-state index contributed by atoms with van der Waals surface area (Å²) in [6, 6.07) is 11.7. The van der Waals surface area contributed by atoms with Gasteiger partial charge in [0.2, 0.25) is 0 Å². The van der Waals surface area contributed by atoms with Gasteiger partial charge in [0, 0.05) is 55.5 Å². The van der Waals surface area contributed by atoms with Crippen LogP contribution in [0.25, 0.3) is 17.3 Å². The van der Waals surface area contributed by atoms with Gasteiger partial charge in [0.25, 0.3) is 0 Å². The van der Waals surface area contributed by atoms with Crippen LogP contribution in [0.3, 0.4) is 0 Å². The van der Waals surface area contributed by atoms with Crippen molar-refractivity contribution in [2.45, 2.75) is 6.04 Å². The molecule has 4 heterocycles. The lowest BCUT2D eigenvalue weighted by atomic mass is 9.97. The number of fused-ring (bicyclic) bond motifs is 1. The van der Waals surface area contributed by atoms with E-state index in [4.69, 9.17) is 9.72 Å². The van der Waals surface area contributed by atoms with Gasteiger partial charge in [-0.2, -0.15) is 0 Å². The molecule has 0 spiro atoms. The number of methoxy groups -OCH3 is 1. The second kappa shape index (κ2) is 9.52. The molecular weight excluding hydrogens is 428 g/mol. The first kappa shape index (κ1) is 21.9. The summed E-state index contributed by atoms with van der Waals surface area (Å²) < 4.78 is 5.53. The number of hydrogen-bond acceptors (Lipinski definition) is 8. The van der Waals surface area contributed by atoms with E-state index in [-0.39, 0.29) is 0 Å². The van der Waals surface area contributed by atoms with Crippen molar-refractivity contribution >= 4 is 29.6 Å². The molecule has 0 radical (unpaired) electrons. The van der Waals surface area contributed by atoms with Crippen molar-refractivity contribution in [1.29, 1.82) is 0 Å². The molecule has 1 aromatic carbocycles. The summed E-state index contributed by atoms with van der Waals surface area (Å²) in [7, 11) is 3.79. The van der Waals surface area contributed by atoms with E-state index in [0.29, 0.717) is 11.6 Å². The zero-order valence-electron chi connectivity index (χ0n) is 19.4. The molecule has 2 aliphatic heterocycles. The zero-order chi connectivity index (χ0) is 23.5. The summed E-state index contributed by atoms with van der Waals surface area (Å²) in [5, 5.41) is 6.56. The first-order valence-corrected chi connectivity index (χ1v) is 11.4. The van der Waals surface area contributed by atoms with Gasteiger partial charge in [-0.15, -0.1) is 0 Å². The summed E-state index contributed by atoms with van der Waals surface area (Å²) in [5.41, 5.74) is 5.35. The highest BCUT2D eigenvalue weighted by atomic mass is 16.5. The van der Waals surface area contributed by atoms with Crippen LogP contribution in [-0.2, 0) is 4.79 Å². The zero-order valence-corrected chi connectivity index (χ0v) is 19.4. The number of carbonyl (C=O) groups is 1. The van der Waals surface area contributed by atoms with Gasteiger partial charge in [0.15, 0.2) is 0 Å². The fraction of sp³-hybridized carbons (Fsp3) is 0.269. The number of carbonyl (C=O) groups excluding carboxylic acids is 1. The Kier molecular flexibility index (Phi) is 6.14. The lowest BCUT2D eigenvalue weighted by Gasteiger charge is -2.34. The predicted molar refractivity (Wildman–Crippen MR) is 134 cm³/mol. The Hall–Kier alpha value is -3.91. The Balaban J connectivity index is 1.50. The molecule has 2 aliphatic rings. The molecule has 3 aromatic rings. The van der Waals surface area contributed by atoms with Crippen molar-refractivity contribution in [3.63, 3.8) is 0 Å². The quantitative estimate of drug-likeness (QED) is 0.546. The Morgan fingerprint density at radius 3 is 2.68 bits per heavy atom. The highest BCUT2D eigenvalue weighted by Crippen LogP contribution is 2.36. The SMILES string of the molecule is COc1ccncc1-c1cc2c(c(Nc3ccc(N4CCN(C)CC4)cc3)n1)C(C=O)NC=C2. The third kappa shape index (κ3) is 4.32. The maximum atomic E-state index is 11.8. The Labute approximate surface area is 199 Å². The minimum atomic E-state index is -0.482. The van der Waals surface area contributed by atoms with Crippen molar-refractivity contribution in [3.05, 3.63) is 66.1 Å². The smallest absolute Gasteiger partial charge is 0.146 e. The number of nitrogens with one attached hydrogen (secondary N) is 2. The number of aromatic nitrogens is 2. The summed E-state index contributed by atoms with van der Waals surface area (Å²) >= 11 is 0. The van der Waals surface area contributed by atoms with Gasteiger partial charge in [-0.25, -0.2) is 4.98 Å². The molecule has 34 heavy (non-hydrogen) atoms. The Bertz CT molecular complexity index is 1200. The molecule has 174 valence electrons.